The van der Waals surface area contributed by atoms with E-state index in [2.05, 4.69) is 10.1 Å². The Morgan fingerprint density at radius 3 is 2.29 bits per heavy atom. The third-order valence-electron chi connectivity index (χ3n) is 1.72. The van der Waals surface area contributed by atoms with Crippen LogP contribution in [0.1, 0.15) is 0 Å². The van der Waals surface area contributed by atoms with E-state index in [1.807, 2.05) is 43.3 Å². The van der Waals surface area contributed by atoms with Crippen LogP contribution in [0.15, 0.2) is 34.4 Å². The summed E-state index contributed by atoms with van der Waals surface area (Å²) in [5.74, 6) is -0.0393. The molecule has 5 nitrogen and oxygen atoms in total. The van der Waals surface area contributed by atoms with E-state index in [1.54, 1.807) is 0 Å². The van der Waals surface area contributed by atoms with Gasteiger partial charge in [0, 0.05) is 19.8 Å². The second-order valence-corrected chi connectivity index (χ2v) is 2.99. The van der Waals surface area contributed by atoms with Crippen molar-refractivity contribution in [3.8, 4) is 0 Å². The number of benzene rings is 1. The normalized spacial score (nSPS) is 11.1. The number of nitrogens with zero attached hydrogens (tertiary/aromatic N) is 3. The van der Waals surface area contributed by atoms with Gasteiger partial charge in [0.2, 0.25) is 5.96 Å². The Balaban J connectivity index is 2.89. The summed E-state index contributed by atoms with van der Waals surface area (Å²) in [5.41, 5.74) is 13.7. The lowest BCUT2D eigenvalue weighted by molar-refractivity contribution is 1.13. The standard InChI is InChI=1S/C9H13N5/c1-14(2)8-5-3-7(4-6-8)12-9(10)13-11/h3-6,11H,1-2H3,(H2,10,12). The Morgan fingerprint density at radius 2 is 1.86 bits per heavy atom. The lowest BCUT2D eigenvalue weighted by Crippen LogP contribution is -2.08. The maximum atomic E-state index is 6.63. The van der Waals surface area contributed by atoms with Crippen molar-refractivity contribution >= 4 is 17.3 Å². The Bertz CT molecular complexity index is 339. The first kappa shape index (κ1) is 10.2. The highest BCUT2D eigenvalue weighted by molar-refractivity contribution is 5.81. The largest absolute Gasteiger partial charge is 0.378 e. The molecule has 1 aromatic rings. The maximum absolute atomic E-state index is 6.63. The monoisotopic (exact) mass is 191 g/mol. The molecule has 0 heterocycles. The van der Waals surface area contributed by atoms with Crippen molar-refractivity contribution in [2.24, 2.45) is 15.8 Å². The molecule has 0 saturated heterocycles. The summed E-state index contributed by atoms with van der Waals surface area (Å²) < 4.78 is 0. The summed E-state index contributed by atoms with van der Waals surface area (Å²) in [5, 5.41) is 3.01. The number of hydrogen-bond acceptors (Lipinski definition) is 3. The highest BCUT2D eigenvalue weighted by atomic mass is 15.1. The van der Waals surface area contributed by atoms with E-state index >= 15 is 0 Å². The number of nitrogens with two attached hydrogens (primary N) is 1. The molecular weight excluding hydrogens is 178 g/mol. The summed E-state index contributed by atoms with van der Waals surface area (Å²) in [6, 6.07) is 7.51. The first-order chi connectivity index (χ1) is 6.63. The molecule has 1 rings (SSSR count). The van der Waals surface area contributed by atoms with Crippen LogP contribution < -0.4 is 10.6 Å². The Labute approximate surface area is 82.8 Å². The smallest absolute Gasteiger partial charge is 0.239 e. The quantitative estimate of drug-likeness (QED) is 0.424. The van der Waals surface area contributed by atoms with E-state index < -0.39 is 0 Å². The van der Waals surface area contributed by atoms with Crippen LogP contribution in [0.5, 0.6) is 0 Å². The van der Waals surface area contributed by atoms with Gasteiger partial charge in [-0.3, -0.25) is 0 Å². The molecule has 14 heavy (non-hydrogen) atoms. The van der Waals surface area contributed by atoms with Gasteiger partial charge in [-0.05, 0) is 24.3 Å². The van der Waals surface area contributed by atoms with Crippen LogP contribution in [0.2, 0.25) is 0 Å². The summed E-state index contributed by atoms with van der Waals surface area (Å²) in [4.78, 5) is 5.89. The fourth-order valence-electron chi connectivity index (χ4n) is 0.983. The van der Waals surface area contributed by atoms with Gasteiger partial charge in [0.1, 0.15) is 0 Å². The van der Waals surface area contributed by atoms with Gasteiger partial charge in [-0.1, -0.05) is 0 Å². The van der Waals surface area contributed by atoms with Crippen LogP contribution in [0.4, 0.5) is 11.4 Å². The van der Waals surface area contributed by atoms with Crippen molar-refractivity contribution in [3.63, 3.8) is 0 Å². The molecule has 0 fully saturated rings. The number of anilines is 1. The molecule has 0 radical (unpaired) electrons. The number of hydrogen-bond donors (Lipinski definition) is 2. The van der Waals surface area contributed by atoms with E-state index in [0.717, 1.165) is 5.69 Å². The van der Waals surface area contributed by atoms with Crippen LogP contribution in [0.3, 0.4) is 0 Å². The van der Waals surface area contributed by atoms with Crippen LogP contribution in [0, 0.1) is 5.53 Å². The summed E-state index contributed by atoms with van der Waals surface area (Å²) in [7, 11) is 3.93. The molecule has 0 spiro atoms. The van der Waals surface area contributed by atoms with Crippen molar-refractivity contribution in [1.82, 2.24) is 0 Å². The molecule has 0 bridgehead atoms. The highest BCUT2D eigenvalue weighted by Crippen LogP contribution is 2.17. The van der Waals surface area contributed by atoms with Gasteiger partial charge in [-0.25, -0.2) is 10.5 Å². The van der Waals surface area contributed by atoms with Gasteiger partial charge >= 0.3 is 0 Å². The Kier molecular flexibility index (Phi) is 3.17. The van der Waals surface area contributed by atoms with Gasteiger partial charge in [-0.2, -0.15) is 0 Å². The van der Waals surface area contributed by atoms with E-state index in [0.29, 0.717) is 5.69 Å². The van der Waals surface area contributed by atoms with E-state index in [4.69, 9.17) is 11.3 Å². The van der Waals surface area contributed by atoms with Crippen molar-refractivity contribution in [2.45, 2.75) is 0 Å². The van der Waals surface area contributed by atoms with E-state index in [-0.39, 0.29) is 5.96 Å². The molecule has 0 aliphatic heterocycles. The first-order valence-corrected chi connectivity index (χ1v) is 4.12. The summed E-state index contributed by atoms with van der Waals surface area (Å²) in [6.07, 6.45) is 0. The van der Waals surface area contributed by atoms with E-state index in [9.17, 15) is 0 Å². The molecule has 0 saturated carbocycles. The number of aliphatic imine (C=N–C) groups is 1. The fraction of sp³-hybridized carbons (Fsp3) is 0.222. The third-order valence-corrected chi connectivity index (χ3v) is 1.72. The predicted molar refractivity (Wildman–Crippen MR) is 57.2 cm³/mol. The molecule has 5 heteroatoms. The maximum Gasteiger partial charge on any atom is 0.239 e. The van der Waals surface area contributed by atoms with E-state index in [1.165, 1.54) is 0 Å². The highest BCUT2D eigenvalue weighted by Gasteiger charge is 1.95. The van der Waals surface area contributed by atoms with Gasteiger partial charge in [-0.15, -0.1) is 5.11 Å². The molecule has 0 aromatic heterocycles. The molecule has 1 aromatic carbocycles. The number of rotatable bonds is 2. The molecule has 0 aliphatic carbocycles. The fourth-order valence-corrected chi connectivity index (χ4v) is 0.983. The molecule has 0 aliphatic rings. The van der Waals surface area contributed by atoms with Crippen LogP contribution >= 0.6 is 0 Å². The van der Waals surface area contributed by atoms with Gasteiger partial charge in [0.05, 0.1) is 5.69 Å². The lowest BCUT2D eigenvalue weighted by atomic mass is 10.3. The third kappa shape index (κ3) is 2.55. The Morgan fingerprint density at radius 1 is 1.29 bits per heavy atom. The molecule has 3 N–H and O–H groups in total. The number of guanidine groups is 1. The lowest BCUT2D eigenvalue weighted by Gasteiger charge is -2.11. The molecule has 0 amide bonds. The average molecular weight is 191 g/mol. The second kappa shape index (κ2) is 4.36. The zero-order valence-corrected chi connectivity index (χ0v) is 8.23. The minimum Gasteiger partial charge on any atom is -0.378 e. The minimum atomic E-state index is -0.0393. The average Bonchev–Trinajstić information content (AvgIpc) is 2.18. The van der Waals surface area contributed by atoms with Crippen molar-refractivity contribution in [1.29, 1.82) is 5.53 Å². The topological polar surface area (TPSA) is 77.8 Å². The van der Waals surface area contributed by atoms with Gasteiger partial charge in [0.15, 0.2) is 0 Å². The van der Waals surface area contributed by atoms with Gasteiger partial charge in [0.25, 0.3) is 0 Å². The molecule has 74 valence electrons. The van der Waals surface area contributed by atoms with Crippen molar-refractivity contribution < 1.29 is 0 Å². The molecule has 0 unspecified atom stereocenters. The predicted octanol–water partition coefficient (Wildman–Crippen LogP) is 1.73. The summed E-state index contributed by atoms with van der Waals surface area (Å²) >= 11 is 0. The van der Waals surface area contributed by atoms with Crippen molar-refractivity contribution in [2.75, 3.05) is 19.0 Å². The number of nitrogens with one attached hydrogen (secondary N) is 1. The molecular formula is C9H13N5. The van der Waals surface area contributed by atoms with Crippen LogP contribution in [0.25, 0.3) is 0 Å². The second-order valence-electron chi connectivity index (χ2n) is 2.99. The van der Waals surface area contributed by atoms with Gasteiger partial charge < -0.3 is 10.6 Å². The zero-order valence-electron chi connectivity index (χ0n) is 8.23. The van der Waals surface area contributed by atoms with Crippen molar-refractivity contribution in [3.05, 3.63) is 24.3 Å². The first-order valence-electron chi connectivity index (χ1n) is 4.12. The molecule has 0 atom stereocenters. The SMILES string of the molecule is CN(C)c1ccc(N=C(N)N=N)cc1. The Hall–Kier alpha value is -1.91. The van der Waals surface area contributed by atoms with Crippen LogP contribution in [-0.4, -0.2) is 20.1 Å². The zero-order chi connectivity index (χ0) is 10.6. The van der Waals surface area contributed by atoms with Crippen LogP contribution in [-0.2, 0) is 0 Å². The minimum absolute atomic E-state index is 0.0393. The summed E-state index contributed by atoms with van der Waals surface area (Å²) in [6.45, 7) is 0.